The molecule has 0 amide bonds. The summed E-state index contributed by atoms with van der Waals surface area (Å²) < 4.78 is 27.0. The van der Waals surface area contributed by atoms with E-state index in [1.54, 1.807) is 24.3 Å². The van der Waals surface area contributed by atoms with Crippen molar-refractivity contribution >= 4 is 15.6 Å². The van der Waals surface area contributed by atoms with Gasteiger partial charge in [0.2, 0.25) is 16.3 Å². The molecule has 1 aliphatic rings. The predicted octanol–water partition coefficient (Wildman–Crippen LogP) is 0.580. The highest BCUT2D eigenvalue weighted by Crippen LogP contribution is 2.23. The lowest BCUT2D eigenvalue weighted by molar-refractivity contribution is -0.00448. The van der Waals surface area contributed by atoms with Gasteiger partial charge in [-0.3, -0.25) is 0 Å². The Bertz CT molecular complexity index is 572. The molecule has 1 aromatic rings. The van der Waals surface area contributed by atoms with Crippen LogP contribution in [0.1, 0.15) is 5.56 Å². The summed E-state index contributed by atoms with van der Waals surface area (Å²) in [5, 5.41) is 14.6. The van der Waals surface area contributed by atoms with Crippen LogP contribution in [0, 0.1) is 0 Å². The minimum atomic E-state index is -3.69. The summed E-state index contributed by atoms with van der Waals surface area (Å²) in [5.41, 5.74) is 1.24. The van der Waals surface area contributed by atoms with E-state index >= 15 is 0 Å². The van der Waals surface area contributed by atoms with Gasteiger partial charge in [-0.15, -0.1) is 0 Å². The van der Waals surface area contributed by atoms with Crippen LogP contribution in [0.3, 0.4) is 0 Å². The van der Waals surface area contributed by atoms with Crippen LogP contribution in [0.4, 0.5) is 0 Å². The predicted molar refractivity (Wildman–Crippen MR) is 62.0 cm³/mol. The van der Waals surface area contributed by atoms with Crippen LogP contribution >= 0.6 is 0 Å². The van der Waals surface area contributed by atoms with Gasteiger partial charge in [0.25, 0.3) is 0 Å². The molecule has 17 heavy (non-hydrogen) atoms. The summed E-state index contributed by atoms with van der Waals surface area (Å²) in [5.74, 6) is 0. The van der Waals surface area contributed by atoms with Crippen molar-refractivity contribution in [1.29, 1.82) is 0 Å². The number of rotatable bonds is 2. The van der Waals surface area contributed by atoms with Gasteiger partial charge in [0.15, 0.2) is 0 Å². The lowest BCUT2D eigenvalue weighted by atomic mass is 10.0. The molecule has 1 aliphatic heterocycles. The zero-order valence-electron chi connectivity index (χ0n) is 8.78. The van der Waals surface area contributed by atoms with Gasteiger partial charge in [-0.1, -0.05) is 12.1 Å². The molecule has 0 fully saturated rings. The summed E-state index contributed by atoms with van der Waals surface area (Å²) in [6.07, 6.45) is 3.68. The number of aliphatic hydroxyl groups excluding tert-OH is 1. The molecular weight excluding hydrogens is 242 g/mol. The number of ether oxygens (including phenoxy) is 1. The molecule has 0 bridgehead atoms. The van der Waals surface area contributed by atoms with E-state index in [-0.39, 0.29) is 4.90 Å². The number of nitrogens with two attached hydrogens (primary N) is 1. The molecule has 5 nitrogen and oxygen atoms in total. The minimum absolute atomic E-state index is 0.0311. The maximum Gasteiger partial charge on any atom is 0.238 e. The molecule has 0 radical (unpaired) electrons. The van der Waals surface area contributed by atoms with E-state index in [4.69, 9.17) is 9.88 Å². The standard InChI is InChI=1S/C11H11NO4S/c12-17(14,15)9-5-3-8(4-6-9)10-2-1-7-16-11(10)13/h1-7,11,13H,(H2,12,14,15). The van der Waals surface area contributed by atoms with E-state index in [1.165, 1.54) is 18.4 Å². The molecule has 1 atom stereocenters. The first-order valence-electron chi connectivity index (χ1n) is 4.82. The van der Waals surface area contributed by atoms with Crippen LogP contribution in [0.2, 0.25) is 0 Å². The quantitative estimate of drug-likeness (QED) is 0.806. The molecule has 3 N–H and O–H groups in total. The van der Waals surface area contributed by atoms with Gasteiger partial charge in [0.1, 0.15) is 0 Å². The van der Waals surface area contributed by atoms with Gasteiger partial charge in [0, 0.05) is 5.57 Å². The van der Waals surface area contributed by atoms with E-state index in [2.05, 4.69) is 0 Å². The third-order valence-electron chi connectivity index (χ3n) is 2.34. The number of hydrogen-bond acceptors (Lipinski definition) is 4. The molecule has 1 heterocycles. The van der Waals surface area contributed by atoms with Crippen LogP contribution in [-0.4, -0.2) is 19.8 Å². The summed E-state index contributed by atoms with van der Waals surface area (Å²) in [4.78, 5) is 0.0311. The number of sulfonamides is 1. The molecule has 90 valence electrons. The van der Waals surface area contributed by atoms with Crippen molar-refractivity contribution < 1.29 is 18.3 Å². The topological polar surface area (TPSA) is 89.6 Å². The van der Waals surface area contributed by atoms with Crippen LogP contribution in [0.15, 0.2) is 47.6 Å². The fourth-order valence-corrected chi connectivity index (χ4v) is 2.01. The normalized spacial score (nSPS) is 19.6. The highest BCUT2D eigenvalue weighted by atomic mass is 32.2. The van der Waals surface area contributed by atoms with Crippen molar-refractivity contribution in [3.05, 3.63) is 48.2 Å². The summed E-state index contributed by atoms with van der Waals surface area (Å²) in [7, 11) is -3.69. The van der Waals surface area contributed by atoms with E-state index < -0.39 is 16.3 Å². The number of hydrogen-bond donors (Lipinski definition) is 2. The molecule has 0 saturated heterocycles. The van der Waals surface area contributed by atoms with E-state index in [9.17, 15) is 13.5 Å². The fraction of sp³-hybridized carbons (Fsp3) is 0.0909. The number of benzene rings is 1. The van der Waals surface area contributed by atoms with Crippen molar-refractivity contribution in [2.45, 2.75) is 11.2 Å². The van der Waals surface area contributed by atoms with Gasteiger partial charge in [-0.05, 0) is 29.8 Å². The van der Waals surface area contributed by atoms with Crippen molar-refractivity contribution in [3.8, 4) is 0 Å². The van der Waals surface area contributed by atoms with Crippen LogP contribution < -0.4 is 5.14 Å². The van der Waals surface area contributed by atoms with Crippen LogP contribution in [-0.2, 0) is 14.8 Å². The Labute approximate surface area is 98.9 Å². The number of aliphatic hydroxyl groups is 1. The Balaban J connectivity index is 2.36. The third kappa shape index (κ3) is 2.55. The second-order valence-corrected chi connectivity index (χ2v) is 5.07. The zero-order chi connectivity index (χ0) is 12.5. The first kappa shape index (κ1) is 11.8. The molecule has 2 rings (SSSR count). The summed E-state index contributed by atoms with van der Waals surface area (Å²) in [6, 6.07) is 5.90. The van der Waals surface area contributed by atoms with Crippen molar-refractivity contribution in [3.63, 3.8) is 0 Å². The Morgan fingerprint density at radius 1 is 1.24 bits per heavy atom. The molecule has 0 aromatic heterocycles. The van der Waals surface area contributed by atoms with E-state index in [1.807, 2.05) is 0 Å². The van der Waals surface area contributed by atoms with Crippen LogP contribution in [0.25, 0.3) is 5.57 Å². The first-order valence-corrected chi connectivity index (χ1v) is 6.36. The largest absolute Gasteiger partial charge is 0.468 e. The lowest BCUT2D eigenvalue weighted by Crippen LogP contribution is -2.14. The number of allylic oxidation sites excluding steroid dienone is 2. The third-order valence-corrected chi connectivity index (χ3v) is 3.27. The van der Waals surface area contributed by atoms with Gasteiger partial charge in [0.05, 0.1) is 11.2 Å². The second kappa shape index (κ2) is 4.33. The van der Waals surface area contributed by atoms with Gasteiger partial charge < -0.3 is 9.84 Å². The monoisotopic (exact) mass is 253 g/mol. The average Bonchev–Trinajstić information content (AvgIpc) is 2.29. The maximum atomic E-state index is 11.1. The smallest absolute Gasteiger partial charge is 0.238 e. The van der Waals surface area contributed by atoms with Gasteiger partial charge in [-0.2, -0.15) is 0 Å². The van der Waals surface area contributed by atoms with Crippen molar-refractivity contribution in [2.75, 3.05) is 0 Å². The summed E-state index contributed by atoms with van der Waals surface area (Å²) >= 11 is 0. The second-order valence-electron chi connectivity index (χ2n) is 3.51. The fourth-order valence-electron chi connectivity index (χ4n) is 1.49. The average molecular weight is 253 g/mol. The molecule has 1 unspecified atom stereocenters. The Morgan fingerprint density at radius 2 is 1.88 bits per heavy atom. The highest BCUT2D eigenvalue weighted by Gasteiger charge is 2.15. The minimum Gasteiger partial charge on any atom is -0.468 e. The van der Waals surface area contributed by atoms with Gasteiger partial charge >= 0.3 is 0 Å². The van der Waals surface area contributed by atoms with Gasteiger partial charge in [-0.25, -0.2) is 13.6 Å². The lowest BCUT2D eigenvalue weighted by Gasteiger charge is -2.17. The van der Waals surface area contributed by atoms with Crippen molar-refractivity contribution in [1.82, 2.24) is 0 Å². The number of primary sulfonamides is 1. The Kier molecular flexibility index (Phi) is 3.01. The maximum absolute atomic E-state index is 11.1. The van der Waals surface area contributed by atoms with Crippen molar-refractivity contribution in [2.24, 2.45) is 5.14 Å². The summed E-state index contributed by atoms with van der Waals surface area (Å²) in [6.45, 7) is 0. The molecule has 1 aromatic carbocycles. The Morgan fingerprint density at radius 3 is 2.41 bits per heavy atom. The molecule has 0 spiro atoms. The molecule has 0 saturated carbocycles. The SMILES string of the molecule is NS(=O)(=O)c1ccc(C2=CC=COC2O)cc1. The zero-order valence-corrected chi connectivity index (χ0v) is 9.59. The molecular formula is C11H11NO4S. The molecule has 6 heteroatoms. The first-order chi connectivity index (χ1) is 7.98. The highest BCUT2D eigenvalue weighted by molar-refractivity contribution is 7.89. The van der Waals surface area contributed by atoms with E-state index in [0.29, 0.717) is 11.1 Å². The Hall–Kier alpha value is -1.63. The van der Waals surface area contributed by atoms with E-state index in [0.717, 1.165) is 0 Å². The molecule has 0 aliphatic carbocycles. The van der Waals surface area contributed by atoms with Crippen LogP contribution in [0.5, 0.6) is 0 Å².